The second kappa shape index (κ2) is 4.45. The number of hydrogen-bond acceptors (Lipinski definition) is 5. The van der Waals surface area contributed by atoms with Crippen molar-refractivity contribution in [2.75, 3.05) is 7.11 Å². The molecule has 15 heavy (non-hydrogen) atoms. The number of aliphatic imine (C=N–C) groups is 1. The molecule has 0 spiro atoms. The number of carbonyl (C=O) groups is 1. The fraction of sp³-hybridized carbons (Fsp3) is 0.200. The van der Waals surface area contributed by atoms with Gasteiger partial charge in [0.2, 0.25) is 0 Å². The number of nitrogens with zero attached hydrogens (tertiary/aromatic N) is 2. The van der Waals surface area contributed by atoms with E-state index >= 15 is 0 Å². The molecule has 1 heterocycles. The molecule has 0 aromatic heterocycles. The third-order valence-corrected chi connectivity index (χ3v) is 1.88. The largest absolute Gasteiger partial charge is 0.493 e. The van der Waals surface area contributed by atoms with Crippen LogP contribution in [0.2, 0.25) is 0 Å². The van der Waals surface area contributed by atoms with Crippen LogP contribution in [-0.2, 0) is 9.53 Å². The van der Waals surface area contributed by atoms with Crippen LogP contribution in [0.25, 0.3) is 0 Å². The molecule has 0 fully saturated rings. The number of allylic oxidation sites excluding steroid dienone is 1. The van der Waals surface area contributed by atoms with Gasteiger partial charge in [0.15, 0.2) is 23.1 Å². The molecular formula is C10H13N3O2. The van der Waals surface area contributed by atoms with Gasteiger partial charge in [0.1, 0.15) is 0 Å². The van der Waals surface area contributed by atoms with E-state index in [1.54, 1.807) is 11.1 Å². The smallest absolute Gasteiger partial charge is 0.182 e. The summed E-state index contributed by atoms with van der Waals surface area (Å²) in [5.74, 6) is 0.662. The molecule has 0 aliphatic carbocycles. The van der Waals surface area contributed by atoms with Gasteiger partial charge in [-0.2, -0.15) is 0 Å². The van der Waals surface area contributed by atoms with Crippen molar-refractivity contribution in [3.8, 4) is 0 Å². The van der Waals surface area contributed by atoms with Gasteiger partial charge >= 0.3 is 0 Å². The Labute approximate surface area is 88.2 Å². The van der Waals surface area contributed by atoms with Crippen LogP contribution in [0, 0.1) is 0 Å². The monoisotopic (exact) mass is 207 g/mol. The van der Waals surface area contributed by atoms with Crippen LogP contribution in [0.1, 0.15) is 6.92 Å². The summed E-state index contributed by atoms with van der Waals surface area (Å²) in [7, 11) is 1.47. The SMILES string of the molecule is C=CN1C=C(OC)C(C(C)=O)=N/C1=C/N. The van der Waals surface area contributed by atoms with Gasteiger partial charge in [-0.3, -0.25) is 4.79 Å². The molecule has 2 N–H and O–H groups in total. The van der Waals surface area contributed by atoms with Gasteiger partial charge < -0.3 is 15.4 Å². The van der Waals surface area contributed by atoms with Gasteiger partial charge in [-0.05, 0) is 0 Å². The Bertz CT molecular complexity index is 380. The topological polar surface area (TPSA) is 67.9 Å². The fourth-order valence-electron chi connectivity index (χ4n) is 1.15. The Hall–Kier alpha value is -2.04. The molecule has 5 heteroatoms. The maximum absolute atomic E-state index is 11.3. The molecule has 0 radical (unpaired) electrons. The minimum Gasteiger partial charge on any atom is -0.493 e. The van der Waals surface area contributed by atoms with Crippen molar-refractivity contribution in [3.63, 3.8) is 0 Å². The highest BCUT2D eigenvalue weighted by Crippen LogP contribution is 2.18. The first-order chi connectivity index (χ1) is 7.13. The quantitative estimate of drug-likeness (QED) is 0.740. The van der Waals surface area contributed by atoms with Crippen molar-refractivity contribution in [3.05, 3.63) is 36.8 Å². The van der Waals surface area contributed by atoms with Crippen molar-refractivity contribution in [2.24, 2.45) is 10.7 Å². The third kappa shape index (κ3) is 2.07. The Morgan fingerprint density at radius 3 is 2.80 bits per heavy atom. The van der Waals surface area contributed by atoms with Crippen LogP contribution in [0.4, 0.5) is 0 Å². The molecule has 1 aliphatic rings. The van der Waals surface area contributed by atoms with Crippen molar-refractivity contribution < 1.29 is 9.53 Å². The summed E-state index contributed by atoms with van der Waals surface area (Å²) < 4.78 is 5.04. The Kier molecular flexibility index (Phi) is 3.28. The molecule has 0 saturated heterocycles. The van der Waals surface area contributed by atoms with E-state index in [1.807, 2.05) is 0 Å². The summed E-state index contributed by atoms with van der Waals surface area (Å²) in [5.41, 5.74) is 5.64. The van der Waals surface area contributed by atoms with Crippen LogP contribution in [-0.4, -0.2) is 23.5 Å². The van der Waals surface area contributed by atoms with Gasteiger partial charge in [0.25, 0.3) is 0 Å². The van der Waals surface area contributed by atoms with Crippen LogP contribution in [0.5, 0.6) is 0 Å². The van der Waals surface area contributed by atoms with E-state index in [-0.39, 0.29) is 11.5 Å². The van der Waals surface area contributed by atoms with E-state index in [2.05, 4.69) is 11.6 Å². The van der Waals surface area contributed by atoms with E-state index < -0.39 is 0 Å². The van der Waals surface area contributed by atoms with E-state index in [1.165, 1.54) is 26.4 Å². The zero-order valence-electron chi connectivity index (χ0n) is 8.73. The normalized spacial score (nSPS) is 18.3. The second-order valence-electron chi connectivity index (χ2n) is 2.83. The number of ether oxygens (including phenoxy) is 1. The molecule has 0 atom stereocenters. The minimum absolute atomic E-state index is 0.175. The lowest BCUT2D eigenvalue weighted by atomic mass is 10.2. The Morgan fingerprint density at radius 2 is 2.40 bits per heavy atom. The summed E-state index contributed by atoms with van der Waals surface area (Å²) >= 11 is 0. The maximum atomic E-state index is 11.3. The fourth-order valence-corrected chi connectivity index (χ4v) is 1.15. The molecule has 0 saturated carbocycles. The van der Waals surface area contributed by atoms with Crippen molar-refractivity contribution >= 4 is 11.5 Å². The van der Waals surface area contributed by atoms with E-state index in [0.29, 0.717) is 11.6 Å². The summed E-state index contributed by atoms with van der Waals surface area (Å²) in [6.45, 7) is 5.02. The van der Waals surface area contributed by atoms with Crippen LogP contribution >= 0.6 is 0 Å². The highest BCUT2D eigenvalue weighted by Gasteiger charge is 2.21. The average Bonchev–Trinajstić information content (AvgIpc) is 2.26. The summed E-state index contributed by atoms with van der Waals surface area (Å²) in [6.07, 6.45) is 4.43. The summed E-state index contributed by atoms with van der Waals surface area (Å²) in [5, 5.41) is 0. The van der Waals surface area contributed by atoms with Crippen LogP contribution < -0.4 is 5.73 Å². The molecular weight excluding hydrogens is 194 g/mol. The highest BCUT2D eigenvalue weighted by atomic mass is 16.5. The minimum atomic E-state index is -0.175. The van der Waals surface area contributed by atoms with E-state index in [4.69, 9.17) is 10.5 Å². The molecule has 5 nitrogen and oxygen atoms in total. The van der Waals surface area contributed by atoms with Crippen molar-refractivity contribution in [1.29, 1.82) is 0 Å². The number of hydrogen-bond donors (Lipinski definition) is 1. The number of nitrogens with two attached hydrogens (primary N) is 1. The summed E-state index contributed by atoms with van der Waals surface area (Å²) in [4.78, 5) is 16.9. The number of rotatable bonds is 3. The highest BCUT2D eigenvalue weighted by molar-refractivity contribution is 6.45. The molecule has 0 aromatic carbocycles. The standard InChI is InChI=1S/C10H13N3O2/c1-4-13-6-8(15-3)10(7(2)14)12-9(13)5-11/h4-6H,1,11H2,2-3H3/b9-5-. The zero-order valence-corrected chi connectivity index (χ0v) is 8.73. The van der Waals surface area contributed by atoms with Crippen molar-refractivity contribution in [2.45, 2.75) is 6.92 Å². The first-order valence-corrected chi connectivity index (χ1v) is 4.32. The second-order valence-corrected chi connectivity index (χ2v) is 2.83. The molecule has 0 amide bonds. The molecule has 1 aliphatic heterocycles. The van der Waals surface area contributed by atoms with Crippen LogP contribution in [0.15, 0.2) is 41.8 Å². The van der Waals surface area contributed by atoms with Gasteiger partial charge in [-0.25, -0.2) is 4.99 Å². The predicted octanol–water partition coefficient (Wildman–Crippen LogP) is 0.721. The first-order valence-electron chi connectivity index (χ1n) is 4.32. The van der Waals surface area contributed by atoms with E-state index in [0.717, 1.165) is 0 Å². The van der Waals surface area contributed by atoms with Gasteiger partial charge in [0.05, 0.1) is 13.3 Å². The maximum Gasteiger partial charge on any atom is 0.182 e. The summed E-state index contributed by atoms with van der Waals surface area (Å²) in [6, 6.07) is 0. The lowest BCUT2D eigenvalue weighted by Crippen LogP contribution is -2.24. The number of methoxy groups -OCH3 is 1. The average molecular weight is 207 g/mol. The predicted molar refractivity (Wildman–Crippen MR) is 57.5 cm³/mol. The molecule has 1 rings (SSSR count). The first kappa shape index (κ1) is 11.0. The number of Topliss-reactive ketones (excluding diaryl/α,β-unsaturated/α-hetero) is 1. The number of carbonyl (C=O) groups excluding carboxylic acids is 1. The number of ketones is 1. The van der Waals surface area contributed by atoms with Gasteiger partial charge in [0, 0.05) is 19.3 Å². The Morgan fingerprint density at radius 1 is 1.73 bits per heavy atom. The van der Waals surface area contributed by atoms with Crippen LogP contribution in [0.3, 0.4) is 0 Å². The van der Waals surface area contributed by atoms with Gasteiger partial charge in [-0.15, -0.1) is 0 Å². The van der Waals surface area contributed by atoms with Gasteiger partial charge in [-0.1, -0.05) is 6.58 Å². The molecule has 0 aromatic rings. The van der Waals surface area contributed by atoms with E-state index in [9.17, 15) is 4.79 Å². The molecule has 0 unspecified atom stereocenters. The lowest BCUT2D eigenvalue weighted by Gasteiger charge is -2.22. The molecule has 0 bridgehead atoms. The lowest BCUT2D eigenvalue weighted by molar-refractivity contribution is -0.111. The third-order valence-electron chi connectivity index (χ3n) is 1.88. The zero-order chi connectivity index (χ0) is 11.4. The molecule has 80 valence electrons. The van der Waals surface area contributed by atoms with Crippen molar-refractivity contribution in [1.82, 2.24) is 4.90 Å². The Balaban J connectivity index is 3.18.